The Balaban J connectivity index is 1.25. The van der Waals surface area contributed by atoms with Crippen molar-refractivity contribution in [1.29, 1.82) is 0 Å². The average molecular weight is 609 g/mol. The number of aromatic nitrogens is 2. The first-order valence-electron chi connectivity index (χ1n) is 16.4. The van der Waals surface area contributed by atoms with Gasteiger partial charge in [0.05, 0.1) is 0 Å². The molecule has 2 nitrogen and oxygen atoms in total. The van der Waals surface area contributed by atoms with Gasteiger partial charge in [-0.2, -0.15) is 0 Å². The lowest BCUT2D eigenvalue weighted by Gasteiger charge is -2.19. The van der Waals surface area contributed by atoms with Crippen molar-refractivity contribution in [3.05, 3.63) is 170 Å². The molecule has 10 rings (SSSR count). The summed E-state index contributed by atoms with van der Waals surface area (Å²) in [5.74, 6) is 0.744. The lowest BCUT2D eigenvalue weighted by atomic mass is 9.85. The Kier molecular flexibility index (Phi) is 5.91. The van der Waals surface area contributed by atoms with Gasteiger partial charge in [0, 0.05) is 18.0 Å². The first kappa shape index (κ1) is 26.8. The van der Waals surface area contributed by atoms with Gasteiger partial charge in [0.15, 0.2) is 5.82 Å². The van der Waals surface area contributed by atoms with Crippen LogP contribution in [0.15, 0.2) is 170 Å². The zero-order chi connectivity index (χ0) is 31.6. The normalized spacial score (nSPS) is 11.8. The van der Waals surface area contributed by atoms with Gasteiger partial charge in [0.1, 0.15) is 0 Å². The molecule has 0 saturated carbocycles. The standard InChI is InChI=1S/C46H28N2/c1-2-12-30-28-43-31(27-29(30)11-1)23-24-37-34(18-8-21-36(37)43)32-17-7-20-35-33(32)19-9-22-38(35)44-39-13-3-5-15-41(39)45(46-47-25-10-26-48-46)42-16-6-4-14-40(42)44/h1-28H. The Hall–Kier alpha value is -6.38. The summed E-state index contributed by atoms with van der Waals surface area (Å²) in [6.07, 6.45) is 3.65. The molecule has 0 spiro atoms. The van der Waals surface area contributed by atoms with Crippen LogP contribution in [-0.4, -0.2) is 9.97 Å². The van der Waals surface area contributed by atoms with Crippen molar-refractivity contribution < 1.29 is 0 Å². The van der Waals surface area contributed by atoms with Gasteiger partial charge in [0.2, 0.25) is 0 Å². The molecule has 0 aliphatic rings. The summed E-state index contributed by atoms with van der Waals surface area (Å²) in [4.78, 5) is 9.39. The molecule has 9 aromatic carbocycles. The number of benzene rings is 9. The van der Waals surface area contributed by atoms with Crippen LogP contribution in [0.4, 0.5) is 0 Å². The number of hydrogen-bond acceptors (Lipinski definition) is 2. The monoisotopic (exact) mass is 608 g/mol. The van der Waals surface area contributed by atoms with Crippen molar-refractivity contribution in [3.8, 4) is 33.6 Å². The van der Waals surface area contributed by atoms with Gasteiger partial charge >= 0.3 is 0 Å². The molecule has 0 atom stereocenters. The zero-order valence-corrected chi connectivity index (χ0v) is 26.1. The minimum atomic E-state index is 0.744. The fourth-order valence-corrected chi connectivity index (χ4v) is 7.87. The van der Waals surface area contributed by atoms with E-state index in [1.165, 1.54) is 76.1 Å². The molecule has 0 amide bonds. The smallest absolute Gasteiger partial charge is 0.160 e. The summed E-state index contributed by atoms with van der Waals surface area (Å²) in [5, 5.41) is 14.8. The number of fused-ring (bicyclic) bond motifs is 7. The molecular weight excluding hydrogens is 581 g/mol. The molecule has 0 unspecified atom stereocenters. The van der Waals surface area contributed by atoms with E-state index in [1.807, 2.05) is 18.5 Å². The summed E-state index contributed by atoms with van der Waals surface area (Å²) in [6.45, 7) is 0. The van der Waals surface area contributed by atoms with Crippen molar-refractivity contribution in [2.75, 3.05) is 0 Å². The van der Waals surface area contributed by atoms with Crippen molar-refractivity contribution in [2.24, 2.45) is 0 Å². The van der Waals surface area contributed by atoms with E-state index in [9.17, 15) is 0 Å². The van der Waals surface area contributed by atoms with Gasteiger partial charge in [-0.1, -0.05) is 140 Å². The summed E-state index contributed by atoms with van der Waals surface area (Å²) in [5.41, 5.74) is 6.01. The molecule has 2 heteroatoms. The summed E-state index contributed by atoms with van der Waals surface area (Å²) in [7, 11) is 0. The van der Waals surface area contributed by atoms with Crippen LogP contribution in [0.2, 0.25) is 0 Å². The first-order valence-corrected chi connectivity index (χ1v) is 16.4. The molecule has 10 aromatic rings. The largest absolute Gasteiger partial charge is 0.237 e. The maximum atomic E-state index is 4.69. The molecule has 0 radical (unpaired) electrons. The van der Waals surface area contributed by atoms with Crippen LogP contribution >= 0.6 is 0 Å². The highest BCUT2D eigenvalue weighted by atomic mass is 14.9. The molecular formula is C46H28N2. The fraction of sp³-hybridized carbons (Fsp3) is 0. The fourth-order valence-electron chi connectivity index (χ4n) is 7.87. The van der Waals surface area contributed by atoms with E-state index in [0.717, 1.165) is 22.2 Å². The van der Waals surface area contributed by atoms with Gasteiger partial charge in [0.25, 0.3) is 0 Å². The summed E-state index contributed by atoms with van der Waals surface area (Å²) >= 11 is 0. The van der Waals surface area contributed by atoms with E-state index < -0.39 is 0 Å². The van der Waals surface area contributed by atoms with Crippen molar-refractivity contribution in [2.45, 2.75) is 0 Å². The van der Waals surface area contributed by atoms with Crippen LogP contribution in [0, 0.1) is 0 Å². The van der Waals surface area contributed by atoms with Gasteiger partial charge in [-0.15, -0.1) is 0 Å². The van der Waals surface area contributed by atoms with E-state index in [0.29, 0.717) is 0 Å². The van der Waals surface area contributed by atoms with Gasteiger partial charge in [-0.3, -0.25) is 0 Å². The molecule has 0 aliphatic heterocycles. The third kappa shape index (κ3) is 4.00. The highest BCUT2D eigenvalue weighted by Gasteiger charge is 2.20. The minimum absolute atomic E-state index is 0.744. The second-order valence-electron chi connectivity index (χ2n) is 12.5. The van der Waals surface area contributed by atoms with Crippen LogP contribution in [0.3, 0.4) is 0 Å². The quantitative estimate of drug-likeness (QED) is 0.147. The van der Waals surface area contributed by atoms with Crippen LogP contribution in [0.25, 0.3) is 98.3 Å². The Bertz CT molecular complexity index is 2830. The minimum Gasteiger partial charge on any atom is -0.237 e. The maximum absolute atomic E-state index is 4.69. The number of nitrogens with zero attached hydrogens (tertiary/aromatic N) is 2. The predicted octanol–water partition coefficient (Wildman–Crippen LogP) is 12.4. The van der Waals surface area contributed by atoms with Gasteiger partial charge in [-0.25, -0.2) is 9.97 Å². The van der Waals surface area contributed by atoms with E-state index in [1.54, 1.807) is 0 Å². The molecule has 1 heterocycles. The van der Waals surface area contributed by atoms with E-state index in [4.69, 9.17) is 9.97 Å². The molecule has 0 saturated heterocycles. The number of rotatable bonds is 3. The van der Waals surface area contributed by atoms with Gasteiger partial charge < -0.3 is 0 Å². The predicted molar refractivity (Wildman–Crippen MR) is 203 cm³/mol. The van der Waals surface area contributed by atoms with E-state index in [-0.39, 0.29) is 0 Å². The second kappa shape index (κ2) is 10.6. The Morgan fingerprint density at radius 2 is 0.750 bits per heavy atom. The first-order chi connectivity index (χ1) is 23.8. The zero-order valence-electron chi connectivity index (χ0n) is 26.1. The Morgan fingerprint density at radius 3 is 1.40 bits per heavy atom. The lowest BCUT2D eigenvalue weighted by molar-refractivity contribution is 1.18. The van der Waals surface area contributed by atoms with E-state index >= 15 is 0 Å². The Morgan fingerprint density at radius 1 is 0.271 bits per heavy atom. The SMILES string of the molecule is c1cnc(-c2c3ccccc3c(-c3cccc4c(-c5cccc6c5ccc5cc7ccccc7cc56)cccc34)c3ccccc23)nc1. The van der Waals surface area contributed by atoms with E-state index in [2.05, 4.69) is 152 Å². The van der Waals surface area contributed by atoms with Crippen LogP contribution in [-0.2, 0) is 0 Å². The lowest BCUT2D eigenvalue weighted by Crippen LogP contribution is -1.94. The molecule has 1 aromatic heterocycles. The molecule has 0 fully saturated rings. The second-order valence-corrected chi connectivity index (χ2v) is 12.5. The number of hydrogen-bond donors (Lipinski definition) is 0. The third-order valence-electron chi connectivity index (χ3n) is 9.95. The van der Waals surface area contributed by atoms with Gasteiger partial charge in [-0.05, 0) is 105 Å². The van der Waals surface area contributed by atoms with Crippen LogP contribution in [0.5, 0.6) is 0 Å². The Labute approximate surface area is 277 Å². The third-order valence-corrected chi connectivity index (χ3v) is 9.95. The summed E-state index contributed by atoms with van der Waals surface area (Å²) in [6, 6.07) is 57.4. The van der Waals surface area contributed by atoms with Crippen LogP contribution in [0.1, 0.15) is 0 Å². The van der Waals surface area contributed by atoms with Crippen molar-refractivity contribution in [3.63, 3.8) is 0 Å². The average Bonchev–Trinajstić information content (AvgIpc) is 3.16. The topological polar surface area (TPSA) is 25.8 Å². The molecule has 48 heavy (non-hydrogen) atoms. The van der Waals surface area contributed by atoms with Crippen molar-refractivity contribution >= 4 is 64.6 Å². The maximum Gasteiger partial charge on any atom is 0.160 e. The molecule has 222 valence electrons. The van der Waals surface area contributed by atoms with Crippen molar-refractivity contribution in [1.82, 2.24) is 9.97 Å². The highest BCUT2D eigenvalue weighted by molar-refractivity contribution is 6.24. The van der Waals surface area contributed by atoms with Crippen LogP contribution < -0.4 is 0 Å². The molecule has 0 bridgehead atoms. The molecule has 0 aliphatic carbocycles. The highest BCUT2D eigenvalue weighted by Crippen LogP contribution is 2.46. The molecule has 0 N–H and O–H groups in total. The summed E-state index contributed by atoms with van der Waals surface area (Å²) < 4.78 is 0.